The van der Waals surface area contributed by atoms with Gasteiger partial charge in [-0.3, -0.25) is 0 Å². The molecular weight excluding hydrogens is 290 g/mol. The average Bonchev–Trinajstić information content (AvgIpc) is 2.21. The standard InChI is InChI=1S/C12H7FI/c13-11-5-1-9(2-6-11)10-3-7-12(14)8-4-10/h1-7H. The molecule has 0 amide bonds. The molecule has 0 aliphatic rings. The van der Waals surface area contributed by atoms with Crippen molar-refractivity contribution < 1.29 is 4.39 Å². The summed E-state index contributed by atoms with van der Waals surface area (Å²) >= 11 is 2.21. The van der Waals surface area contributed by atoms with Crippen molar-refractivity contribution >= 4 is 22.6 Å². The van der Waals surface area contributed by atoms with Crippen LogP contribution < -0.4 is 0 Å². The molecule has 0 aliphatic carbocycles. The highest BCUT2D eigenvalue weighted by molar-refractivity contribution is 14.1. The maximum absolute atomic E-state index is 12.7. The fourth-order valence-electron chi connectivity index (χ4n) is 1.23. The minimum atomic E-state index is -0.205. The zero-order valence-electron chi connectivity index (χ0n) is 7.30. The summed E-state index contributed by atoms with van der Waals surface area (Å²) in [5, 5.41) is 0. The lowest BCUT2D eigenvalue weighted by molar-refractivity contribution is 0.628. The van der Waals surface area contributed by atoms with Crippen LogP contribution in [-0.4, -0.2) is 0 Å². The van der Waals surface area contributed by atoms with Crippen molar-refractivity contribution in [1.29, 1.82) is 0 Å². The van der Waals surface area contributed by atoms with Gasteiger partial charge in [-0.25, -0.2) is 4.39 Å². The van der Waals surface area contributed by atoms with Gasteiger partial charge in [0.25, 0.3) is 0 Å². The summed E-state index contributed by atoms with van der Waals surface area (Å²) in [6, 6.07) is 15.5. The van der Waals surface area contributed by atoms with Crippen molar-refractivity contribution in [3.05, 3.63) is 57.9 Å². The molecule has 0 aliphatic heterocycles. The first-order chi connectivity index (χ1) is 6.75. The summed E-state index contributed by atoms with van der Waals surface area (Å²) in [7, 11) is 0. The fourth-order valence-corrected chi connectivity index (χ4v) is 1.56. The molecule has 2 heteroatoms. The SMILES string of the molecule is Fc1ccc(-c2c[c]c(I)cc2)cc1. The van der Waals surface area contributed by atoms with Crippen molar-refractivity contribution in [2.24, 2.45) is 0 Å². The van der Waals surface area contributed by atoms with E-state index in [0.717, 1.165) is 14.7 Å². The Bertz CT molecular complexity index is 374. The van der Waals surface area contributed by atoms with Crippen LogP contribution in [0.2, 0.25) is 0 Å². The van der Waals surface area contributed by atoms with E-state index < -0.39 is 0 Å². The highest BCUT2D eigenvalue weighted by atomic mass is 127. The third-order valence-electron chi connectivity index (χ3n) is 1.95. The number of hydrogen-bond acceptors (Lipinski definition) is 0. The topological polar surface area (TPSA) is 0 Å². The fraction of sp³-hybridized carbons (Fsp3) is 0. The molecule has 0 unspecified atom stereocenters. The van der Waals surface area contributed by atoms with E-state index in [0.29, 0.717) is 0 Å². The molecule has 0 bridgehead atoms. The zero-order valence-corrected chi connectivity index (χ0v) is 9.45. The third kappa shape index (κ3) is 2.12. The minimum absolute atomic E-state index is 0.205. The molecule has 1 radical (unpaired) electrons. The van der Waals surface area contributed by atoms with E-state index in [9.17, 15) is 4.39 Å². The van der Waals surface area contributed by atoms with Crippen LogP contribution in [0.1, 0.15) is 0 Å². The first-order valence-electron chi connectivity index (χ1n) is 4.19. The number of benzene rings is 2. The predicted molar refractivity (Wildman–Crippen MR) is 63.4 cm³/mol. The molecule has 0 N–H and O–H groups in total. The quantitative estimate of drug-likeness (QED) is 0.700. The normalized spacial score (nSPS) is 10.1. The molecule has 0 saturated carbocycles. The van der Waals surface area contributed by atoms with Gasteiger partial charge in [0.15, 0.2) is 0 Å². The second-order valence-corrected chi connectivity index (χ2v) is 4.09. The van der Waals surface area contributed by atoms with Gasteiger partial charge < -0.3 is 0 Å². The van der Waals surface area contributed by atoms with Crippen molar-refractivity contribution in [3.8, 4) is 11.1 Å². The lowest BCUT2D eigenvalue weighted by Gasteiger charge is -2.00. The van der Waals surface area contributed by atoms with Crippen LogP contribution in [0.3, 0.4) is 0 Å². The van der Waals surface area contributed by atoms with Crippen molar-refractivity contribution in [2.45, 2.75) is 0 Å². The predicted octanol–water partition coefficient (Wildman–Crippen LogP) is 3.90. The molecule has 14 heavy (non-hydrogen) atoms. The highest BCUT2D eigenvalue weighted by Gasteiger charge is 1.97. The molecule has 2 aromatic rings. The Kier molecular flexibility index (Phi) is 2.82. The van der Waals surface area contributed by atoms with Gasteiger partial charge in [0.1, 0.15) is 5.82 Å². The van der Waals surface area contributed by atoms with E-state index >= 15 is 0 Å². The van der Waals surface area contributed by atoms with E-state index in [2.05, 4.69) is 28.7 Å². The average molecular weight is 297 g/mol. The van der Waals surface area contributed by atoms with E-state index in [1.807, 2.05) is 18.2 Å². The Hall–Kier alpha value is -0.900. The van der Waals surface area contributed by atoms with Crippen LogP contribution >= 0.6 is 22.6 Å². The second-order valence-electron chi connectivity index (χ2n) is 2.93. The highest BCUT2D eigenvalue weighted by Crippen LogP contribution is 2.20. The van der Waals surface area contributed by atoms with Gasteiger partial charge in [-0.2, -0.15) is 0 Å². The molecule has 69 valence electrons. The number of hydrogen-bond donors (Lipinski definition) is 0. The summed E-state index contributed by atoms with van der Waals surface area (Å²) in [4.78, 5) is 0. The molecule has 0 atom stereocenters. The summed E-state index contributed by atoms with van der Waals surface area (Å²) in [6.07, 6.45) is 0. The van der Waals surface area contributed by atoms with Crippen LogP contribution in [0.15, 0.2) is 42.5 Å². The Morgan fingerprint density at radius 2 is 1.57 bits per heavy atom. The van der Waals surface area contributed by atoms with Crippen LogP contribution in [0.25, 0.3) is 11.1 Å². The molecule has 0 fully saturated rings. The van der Waals surface area contributed by atoms with E-state index in [1.165, 1.54) is 12.1 Å². The van der Waals surface area contributed by atoms with Gasteiger partial charge in [0.2, 0.25) is 0 Å². The molecule has 0 heterocycles. The monoisotopic (exact) mass is 297 g/mol. The molecule has 0 aromatic heterocycles. The smallest absolute Gasteiger partial charge is 0.123 e. The Labute approximate surface area is 95.9 Å². The summed E-state index contributed by atoms with van der Waals surface area (Å²) in [5.41, 5.74) is 2.07. The largest absolute Gasteiger partial charge is 0.207 e. The molecular formula is C12H7FI. The zero-order chi connectivity index (χ0) is 9.97. The lowest BCUT2D eigenvalue weighted by atomic mass is 10.1. The van der Waals surface area contributed by atoms with E-state index in [-0.39, 0.29) is 5.82 Å². The summed E-state index contributed by atoms with van der Waals surface area (Å²) in [5.74, 6) is -0.205. The summed E-state index contributed by atoms with van der Waals surface area (Å²) in [6.45, 7) is 0. The first kappa shape index (κ1) is 9.65. The Balaban J connectivity index is 2.40. The Morgan fingerprint density at radius 3 is 2.14 bits per heavy atom. The minimum Gasteiger partial charge on any atom is -0.207 e. The number of rotatable bonds is 1. The van der Waals surface area contributed by atoms with Crippen molar-refractivity contribution in [3.63, 3.8) is 0 Å². The van der Waals surface area contributed by atoms with Crippen LogP contribution in [-0.2, 0) is 0 Å². The van der Waals surface area contributed by atoms with Gasteiger partial charge in [0.05, 0.1) is 0 Å². The lowest BCUT2D eigenvalue weighted by Crippen LogP contribution is -1.79. The van der Waals surface area contributed by atoms with Crippen LogP contribution in [0.5, 0.6) is 0 Å². The van der Waals surface area contributed by atoms with Crippen LogP contribution in [0.4, 0.5) is 4.39 Å². The van der Waals surface area contributed by atoms with Crippen molar-refractivity contribution in [2.75, 3.05) is 0 Å². The third-order valence-corrected chi connectivity index (χ3v) is 2.62. The van der Waals surface area contributed by atoms with Gasteiger partial charge in [-0.15, -0.1) is 0 Å². The molecule has 2 rings (SSSR count). The number of halogens is 2. The first-order valence-corrected chi connectivity index (χ1v) is 5.27. The molecule has 2 aromatic carbocycles. The van der Waals surface area contributed by atoms with Crippen molar-refractivity contribution in [1.82, 2.24) is 0 Å². The van der Waals surface area contributed by atoms with Gasteiger partial charge in [-0.05, 0) is 64.0 Å². The van der Waals surface area contributed by atoms with E-state index in [1.54, 1.807) is 12.1 Å². The molecule has 0 nitrogen and oxygen atoms in total. The van der Waals surface area contributed by atoms with Gasteiger partial charge >= 0.3 is 0 Å². The van der Waals surface area contributed by atoms with Crippen LogP contribution in [0, 0.1) is 15.5 Å². The van der Waals surface area contributed by atoms with Gasteiger partial charge in [0, 0.05) is 3.57 Å². The van der Waals surface area contributed by atoms with E-state index in [4.69, 9.17) is 0 Å². The molecule has 0 spiro atoms. The van der Waals surface area contributed by atoms with Gasteiger partial charge in [-0.1, -0.05) is 18.2 Å². The maximum Gasteiger partial charge on any atom is 0.123 e. The summed E-state index contributed by atoms with van der Waals surface area (Å²) < 4.78 is 13.7. The second kappa shape index (κ2) is 4.09. The Morgan fingerprint density at radius 1 is 0.929 bits per heavy atom. The maximum atomic E-state index is 12.7. The molecule has 0 saturated heterocycles.